The number of ether oxygens (including phenoxy) is 1. The van der Waals surface area contributed by atoms with Gasteiger partial charge in [-0.15, -0.1) is 0 Å². The van der Waals surface area contributed by atoms with Crippen LogP contribution in [0.25, 0.3) is 0 Å². The summed E-state index contributed by atoms with van der Waals surface area (Å²) in [5.74, 6) is 0.753. The van der Waals surface area contributed by atoms with E-state index in [0.29, 0.717) is 5.92 Å². The zero-order chi connectivity index (χ0) is 12.3. The average molecular weight is 240 g/mol. The smallest absolute Gasteiger partial charge is 0.254 e. The van der Waals surface area contributed by atoms with Gasteiger partial charge in [0, 0.05) is 20.2 Å². The number of hydrogen-bond acceptors (Lipinski definition) is 3. The summed E-state index contributed by atoms with van der Waals surface area (Å²) >= 11 is 0. The van der Waals surface area contributed by atoms with Gasteiger partial charge in [0.1, 0.15) is 5.60 Å². The Hall–Kier alpha value is -0.610. The van der Waals surface area contributed by atoms with Crippen LogP contribution in [0.2, 0.25) is 0 Å². The molecule has 2 atom stereocenters. The molecule has 2 heterocycles. The van der Waals surface area contributed by atoms with E-state index in [4.69, 9.17) is 4.74 Å². The molecule has 98 valence electrons. The molecule has 0 saturated carbocycles. The van der Waals surface area contributed by atoms with Crippen LogP contribution in [0.4, 0.5) is 0 Å². The molecule has 4 nitrogen and oxygen atoms in total. The molecular weight excluding hydrogens is 216 g/mol. The molecule has 0 aromatic heterocycles. The van der Waals surface area contributed by atoms with Gasteiger partial charge in [-0.3, -0.25) is 4.79 Å². The van der Waals surface area contributed by atoms with Gasteiger partial charge in [-0.2, -0.15) is 0 Å². The molecule has 0 aromatic carbocycles. The third kappa shape index (κ3) is 2.99. The number of nitrogens with zero attached hydrogens (tertiary/aromatic N) is 1. The monoisotopic (exact) mass is 240 g/mol. The van der Waals surface area contributed by atoms with Gasteiger partial charge in [0.2, 0.25) is 0 Å². The highest BCUT2D eigenvalue weighted by molar-refractivity contribution is 5.84. The maximum absolute atomic E-state index is 12.3. The Bertz CT molecular complexity index is 269. The summed E-state index contributed by atoms with van der Waals surface area (Å²) in [6.07, 6.45) is 4.31. The largest absolute Gasteiger partial charge is 0.365 e. The predicted molar refractivity (Wildman–Crippen MR) is 66.8 cm³/mol. The molecule has 0 spiro atoms. The van der Waals surface area contributed by atoms with Crippen LogP contribution in [0.3, 0.4) is 0 Å². The lowest BCUT2D eigenvalue weighted by atomic mass is 9.97. The van der Waals surface area contributed by atoms with Crippen LogP contribution in [-0.2, 0) is 9.53 Å². The Labute approximate surface area is 104 Å². The van der Waals surface area contributed by atoms with E-state index < -0.39 is 5.60 Å². The molecule has 2 fully saturated rings. The number of likely N-dealkylation sites (N-methyl/N-ethyl adjacent to an activating group) is 1. The summed E-state index contributed by atoms with van der Waals surface area (Å²) in [5.41, 5.74) is -0.559. The highest BCUT2D eigenvalue weighted by Gasteiger charge is 2.39. The van der Waals surface area contributed by atoms with E-state index in [1.807, 2.05) is 18.9 Å². The second kappa shape index (κ2) is 5.36. The fraction of sp³-hybridized carbons (Fsp3) is 0.923. The maximum Gasteiger partial charge on any atom is 0.254 e. The maximum atomic E-state index is 12.3. The minimum absolute atomic E-state index is 0.153. The third-order valence-electron chi connectivity index (χ3n) is 3.95. The van der Waals surface area contributed by atoms with Crippen LogP contribution in [0.5, 0.6) is 0 Å². The SMILES string of the molecule is CN(CC1CCCNC1)C(=O)C1(C)CCCO1. The number of amides is 1. The molecule has 0 bridgehead atoms. The lowest BCUT2D eigenvalue weighted by Gasteiger charge is -2.32. The van der Waals surface area contributed by atoms with Crippen molar-refractivity contribution in [1.82, 2.24) is 10.2 Å². The average Bonchev–Trinajstić information content (AvgIpc) is 2.78. The molecule has 1 N–H and O–H groups in total. The Morgan fingerprint density at radius 1 is 1.53 bits per heavy atom. The van der Waals surface area contributed by atoms with Crippen LogP contribution in [-0.4, -0.2) is 49.7 Å². The molecule has 2 aliphatic rings. The highest BCUT2D eigenvalue weighted by Crippen LogP contribution is 2.27. The molecule has 2 saturated heterocycles. The highest BCUT2D eigenvalue weighted by atomic mass is 16.5. The molecule has 0 aliphatic carbocycles. The van der Waals surface area contributed by atoms with Crippen molar-refractivity contribution in [2.75, 3.05) is 33.3 Å². The van der Waals surface area contributed by atoms with E-state index >= 15 is 0 Å². The number of hydrogen-bond donors (Lipinski definition) is 1. The Kier molecular flexibility index (Phi) is 4.05. The molecule has 2 rings (SSSR count). The van der Waals surface area contributed by atoms with Gasteiger partial charge >= 0.3 is 0 Å². The molecule has 2 unspecified atom stereocenters. The fourth-order valence-corrected chi connectivity index (χ4v) is 2.90. The first-order valence-electron chi connectivity index (χ1n) is 6.72. The van der Waals surface area contributed by atoms with Gasteiger partial charge < -0.3 is 15.0 Å². The summed E-state index contributed by atoms with van der Waals surface area (Å²) in [7, 11) is 1.91. The molecule has 4 heteroatoms. The quantitative estimate of drug-likeness (QED) is 0.800. The molecular formula is C13H24N2O2. The summed E-state index contributed by atoms with van der Waals surface area (Å²) in [4.78, 5) is 14.2. The molecule has 1 amide bonds. The molecule has 2 aliphatic heterocycles. The number of rotatable bonds is 3. The lowest BCUT2D eigenvalue weighted by Crippen LogP contribution is -2.48. The molecule has 17 heavy (non-hydrogen) atoms. The van der Waals surface area contributed by atoms with E-state index in [2.05, 4.69) is 5.32 Å². The van der Waals surface area contributed by atoms with Crippen LogP contribution in [0.1, 0.15) is 32.6 Å². The number of carbonyl (C=O) groups is 1. The van der Waals surface area contributed by atoms with Gasteiger partial charge in [-0.1, -0.05) is 0 Å². The van der Waals surface area contributed by atoms with Crippen LogP contribution in [0.15, 0.2) is 0 Å². The number of piperidine rings is 1. The first kappa shape index (κ1) is 12.8. The van der Waals surface area contributed by atoms with E-state index in [-0.39, 0.29) is 5.91 Å². The van der Waals surface area contributed by atoms with Crippen molar-refractivity contribution >= 4 is 5.91 Å². The van der Waals surface area contributed by atoms with E-state index in [9.17, 15) is 4.79 Å². The van der Waals surface area contributed by atoms with Crippen LogP contribution < -0.4 is 5.32 Å². The normalized spacial score (nSPS) is 33.6. The Morgan fingerprint density at radius 2 is 2.35 bits per heavy atom. The minimum atomic E-state index is -0.559. The second-order valence-corrected chi connectivity index (χ2v) is 5.58. The van der Waals surface area contributed by atoms with E-state index in [1.54, 1.807) is 0 Å². The number of nitrogens with one attached hydrogen (secondary N) is 1. The van der Waals surface area contributed by atoms with Crippen molar-refractivity contribution in [2.45, 2.75) is 38.2 Å². The minimum Gasteiger partial charge on any atom is -0.365 e. The predicted octanol–water partition coefficient (Wildman–Crippen LogP) is 1.01. The third-order valence-corrected chi connectivity index (χ3v) is 3.95. The van der Waals surface area contributed by atoms with Crippen molar-refractivity contribution in [2.24, 2.45) is 5.92 Å². The lowest BCUT2D eigenvalue weighted by molar-refractivity contribution is -0.150. The van der Waals surface area contributed by atoms with Crippen LogP contribution in [0, 0.1) is 5.92 Å². The van der Waals surface area contributed by atoms with Gasteiger partial charge in [0.25, 0.3) is 5.91 Å². The van der Waals surface area contributed by atoms with Gasteiger partial charge in [0.05, 0.1) is 0 Å². The second-order valence-electron chi connectivity index (χ2n) is 5.58. The first-order valence-corrected chi connectivity index (χ1v) is 6.72. The van der Waals surface area contributed by atoms with Crippen molar-refractivity contribution in [3.63, 3.8) is 0 Å². The van der Waals surface area contributed by atoms with Crippen molar-refractivity contribution in [3.8, 4) is 0 Å². The van der Waals surface area contributed by atoms with Gasteiger partial charge in [-0.05, 0) is 51.6 Å². The van der Waals surface area contributed by atoms with Gasteiger partial charge in [-0.25, -0.2) is 0 Å². The Balaban J connectivity index is 1.85. The van der Waals surface area contributed by atoms with Crippen molar-refractivity contribution in [3.05, 3.63) is 0 Å². The van der Waals surface area contributed by atoms with E-state index in [0.717, 1.165) is 39.1 Å². The summed E-state index contributed by atoms with van der Waals surface area (Å²) < 4.78 is 5.61. The fourth-order valence-electron chi connectivity index (χ4n) is 2.90. The summed E-state index contributed by atoms with van der Waals surface area (Å²) in [5, 5.41) is 3.39. The van der Waals surface area contributed by atoms with E-state index in [1.165, 1.54) is 12.8 Å². The van der Waals surface area contributed by atoms with Crippen molar-refractivity contribution < 1.29 is 9.53 Å². The summed E-state index contributed by atoms with van der Waals surface area (Å²) in [6, 6.07) is 0. The molecule has 0 radical (unpaired) electrons. The van der Waals surface area contributed by atoms with Crippen LogP contribution >= 0.6 is 0 Å². The number of carbonyl (C=O) groups excluding carboxylic acids is 1. The zero-order valence-corrected chi connectivity index (χ0v) is 11.0. The topological polar surface area (TPSA) is 41.6 Å². The standard InChI is InChI=1S/C13H24N2O2/c1-13(6-4-8-17-13)12(16)15(2)10-11-5-3-7-14-9-11/h11,14H,3-10H2,1-2H3. The first-order chi connectivity index (χ1) is 8.12. The Morgan fingerprint density at radius 3 is 2.94 bits per heavy atom. The van der Waals surface area contributed by atoms with Crippen molar-refractivity contribution in [1.29, 1.82) is 0 Å². The molecule has 0 aromatic rings. The summed E-state index contributed by atoms with van der Waals surface area (Å²) in [6.45, 7) is 5.66. The zero-order valence-electron chi connectivity index (χ0n) is 11.0. The van der Waals surface area contributed by atoms with Gasteiger partial charge in [0.15, 0.2) is 0 Å².